The van der Waals surface area contributed by atoms with Gasteiger partial charge >= 0.3 is 18.0 Å². The van der Waals surface area contributed by atoms with E-state index in [1.807, 2.05) is 0 Å². The van der Waals surface area contributed by atoms with E-state index in [9.17, 15) is 14.4 Å². The Balaban J connectivity index is 4.54. The first-order valence-electron chi connectivity index (χ1n) is 5.64. The number of aliphatic hydroxyl groups excluding tert-OH is 1. The van der Waals surface area contributed by atoms with Gasteiger partial charge in [0.05, 0.1) is 6.61 Å². The van der Waals surface area contributed by atoms with E-state index in [2.05, 4.69) is 11.9 Å². The monoisotopic (exact) mass is 274 g/mol. The smallest absolute Gasteiger partial charge is 0.326 e. The van der Waals surface area contributed by atoms with E-state index in [1.165, 1.54) is 11.0 Å². The zero-order chi connectivity index (χ0) is 14.8. The lowest BCUT2D eigenvalue weighted by Gasteiger charge is -2.23. The number of nitrogens with zero attached hydrogens (tertiary/aromatic N) is 1. The Hall–Kier alpha value is -2.09. The van der Waals surface area contributed by atoms with Gasteiger partial charge in [0.15, 0.2) is 0 Å². The third-order valence-electron chi connectivity index (χ3n) is 2.25. The van der Waals surface area contributed by atoms with Crippen LogP contribution >= 0.6 is 0 Å². The molecule has 108 valence electrons. The third kappa shape index (κ3) is 7.04. The summed E-state index contributed by atoms with van der Waals surface area (Å²) in [6.07, 6.45) is 0.860. The van der Waals surface area contributed by atoms with Gasteiger partial charge in [-0.3, -0.25) is 4.79 Å². The molecule has 0 rings (SSSR count). The molecule has 1 unspecified atom stereocenters. The van der Waals surface area contributed by atoms with Gasteiger partial charge in [0.25, 0.3) is 0 Å². The predicted molar refractivity (Wildman–Crippen MR) is 65.7 cm³/mol. The number of nitrogens with one attached hydrogen (secondary N) is 1. The van der Waals surface area contributed by atoms with Gasteiger partial charge in [0, 0.05) is 19.5 Å². The number of amides is 2. The fourth-order valence-corrected chi connectivity index (χ4v) is 1.32. The first kappa shape index (κ1) is 16.9. The molecule has 0 saturated carbocycles. The Labute approximate surface area is 110 Å². The Kier molecular flexibility index (Phi) is 7.94. The maximum absolute atomic E-state index is 11.7. The van der Waals surface area contributed by atoms with Gasteiger partial charge in [0.1, 0.15) is 6.04 Å². The van der Waals surface area contributed by atoms with Crippen molar-refractivity contribution >= 4 is 18.0 Å². The minimum Gasteiger partial charge on any atom is -0.481 e. The molecule has 0 radical (unpaired) electrons. The Morgan fingerprint density at radius 3 is 2.37 bits per heavy atom. The van der Waals surface area contributed by atoms with Crippen molar-refractivity contribution in [3.63, 3.8) is 0 Å². The number of aliphatic hydroxyl groups is 1. The van der Waals surface area contributed by atoms with E-state index in [4.69, 9.17) is 15.3 Å². The maximum atomic E-state index is 11.7. The molecule has 0 aromatic heterocycles. The van der Waals surface area contributed by atoms with Crippen LogP contribution < -0.4 is 5.32 Å². The molecule has 19 heavy (non-hydrogen) atoms. The van der Waals surface area contributed by atoms with Gasteiger partial charge in [-0.2, -0.15) is 0 Å². The topological polar surface area (TPSA) is 127 Å². The highest BCUT2D eigenvalue weighted by Crippen LogP contribution is 2.00. The standard InChI is InChI=1S/C11H18N2O6/c1-2-5-13(6-7-14)11(19)12-8(10(17)18)3-4-9(15)16/h2,8,14H,1,3-7H2,(H,12,19)(H,15,16)(H,17,18). The van der Waals surface area contributed by atoms with Crippen LogP contribution in [0.3, 0.4) is 0 Å². The fourth-order valence-electron chi connectivity index (χ4n) is 1.32. The molecular weight excluding hydrogens is 256 g/mol. The van der Waals surface area contributed by atoms with Crippen LogP contribution in [0.4, 0.5) is 4.79 Å². The molecule has 1 atom stereocenters. The maximum Gasteiger partial charge on any atom is 0.326 e. The number of aliphatic carboxylic acids is 2. The summed E-state index contributed by atoms with van der Waals surface area (Å²) < 4.78 is 0. The molecule has 0 aromatic rings. The van der Waals surface area contributed by atoms with Crippen LogP contribution in [-0.4, -0.2) is 63.9 Å². The molecule has 2 amide bonds. The van der Waals surface area contributed by atoms with E-state index in [0.29, 0.717) is 0 Å². The number of rotatable bonds is 9. The first-order chi connectivity index (χ1) is 8.92. The van der Waals surface area contributed by atoms with Crippen LogP contribution in [0, 0.1) is 0 Å². The molecule has 0 aliphatic heterocycles. The number of hydrogen-bond donors (Lipinski definition) is 4. The number of carboxylic acid groups (broad SMARTS) is 2. The molecular formula is C11H18N2O6. The van der Waals surface area contributed by atoms with Crippen molar-refractivity contribution in [1.29, 1.82) is 0 Å². The minimum atomic E-state index is -1.31. The third-order valence-corrected chi connectivity index (χ3v) is 2.25. The van der Waals surface area contributed by atoms with Gasteiger partial charge in [-0.1, -0.05) is 6.08 Å². The summed E-state index contributed by atoms with van der Waals surface area (Å²) in [6.45, 7) is 3.35. The van der Waals surface area contributed by atoms with Gasteiger partial charge in [-0.25, -0.2) is 9.59 Å². The second kappa shape index (κ2) is 8.92. The van der Waals surface area contributed by atoms with E-state index in [-0.39, 0.29) is 32.5 Å². The summed E-state index contributed by atoms with van der Waals surface area (Å²) in [5.74, 6) is -2.45. The Morgan fingerprint density at radius 1 is 1.32 bits per heavy atom. The molecule has 0 spiro atoms. The lowest BCUT2D eigenvalue weighted by Crippen LogP contribution is -2.48. The summed E-state index contributed by atoms with van der Waals surface area (Å²) >= 11 is 0. The van der Waals surface area contributed by atoms with Gasteiger partial charge in [-0.05, 0) is 6.42 Å². The predicted octanol–water partition coefficient (Wildman–Crippen LogP) is -0.506. The van der Waals surface area contributed by atoms with Crippen molar-refractivity contribution in [2.24, 2.45) is 0 Å². The van der Waals surface area contributed by atoms with E-state index in [0.717, 1.165) is 0 Å². The molecule has 0 saturated heterocycles. The van der Waals surface area contributed by atoms with Crippen molar-refractivity contribution in [2.75, 3.05) is 19.7 Å². The highest BCUT2D eigenvalue weighted by Gasteiger charge is 2.23. The Morgan fingerprint density at radius 2 is 1.95 bits per heavy atom. The second-order valence-electron chi connectivity index (χ2n) is 3.73. The quantitative estimate of drug-likeness (QED) is 0.419. The summed E-state index contributed by atoms with van der Waals surface area (Å²) in [5.41, 5.74) is 0. The highest BCUT2D eigenvalue weighted by molar-refractivity contribution is 5.83. The zero-order valence-electron chi connectivity index (χ0n) is 10.4. The average Bonchev–Trinajstić information content (AvgIpc) is 2.33. The van der Waals surface area contributed by atoms with Crippen molar-refractivity contribution in [1.82, 2.24) is 10.2 Å². The number of carboxylic acids is 2. The molecule has 4 N–H and O–H groups in total. The van der Waals surface area contributed by atoms with Crippen LogP contribution in [0.25, 0.3) is 0 Å². The molecule has 8 heteroatoms. The van der Waals surface area contributed by atoms with Crippen LogP contribution in [0.1, 0.15) is 12.8 Å². The summed E-state index contributed by atoms with van der Waals surface area (Å²) in [7, 11) is 0. The van der Waals surface area contributed by atoms with Crippen molar-refractivity contribution in [3.05, 3.63) is 12.7 Å². The molecule has 0 aliphatic rings. The largest absolute Gasteiger partial charge is 0.481 e. The molecule has 8 nitrogen and oxygen atoms in total. The molecule has 0 bridgehead atoms. The number of carbonyl (C=O) groups is 3. The lowest BCUT2D eigenvalue weighted by molar-refractivity contribution is -0.140. The second-order valence-corrected chi connectivity index (χ2v) is 3.73. The van der Waals surface area contributed by atoms with Gasteiger partial charge in [-0.15, -0.1) is 6.58 Å². The van der Waals surface area contributed by atoms with Gasteiger partial charge in [0.2, 0.25) is 0 Å². The molecule has 0 aliphatic carbocycles. The van der Waals surface area contributed by atoms with Gasteiger partial charge < -0.3 is 25.5 Å². The van der Waals surface area contributed by atoms with E-state index >= 15 is 0 Å². The number of urea groups is 1. The molecule has 0 fully saturated rings. The molecule has 0 aromatic carbocycles. The normalized spacial score (nSPS) is 11.4. The molecule has 0 heterocycles. The summed E-state index contributed by atoms with van der Waals surface area (Å²) in [6, 6.07) is -1.97. The average molecular weight is 274 g/mol. The van der Waals surface area contributed by atoms with Crippen LogP contribution in [0.5, 0.6) is 0 Å². The van der Waals surface area contributed by atoms with Crippen LogP contribution in [0.15, 0.2) is 12.7 Å². The fraction of sp³-hybridized carbons (Fsp3) is 0.545. The van der Waals surface area contributed by atoms with Crippen LogP contribution in [-0.2, 0) is 9.59 Å². The lowest BCUT2D eigenvalue weighted by atomic mass is 10.1. The van der Waals surface area contributed by atoms with Crippen molar-refractivity contribution < 1.29 is 29.7 Å². The highest BCUT2D eigenvalue weighted by atomic mass is 16.4. The minimum absolute atomic E-state index is 0.0309. The Bertz CT molecular complexity index is 344. The van der Waals surface area contributed by atoms with Crippen molar-refractivity contribution in [3.8, 4) is 0 Å². The van der Waals surface area contributed by atoms with Crippen LogP contribution in [0.2, 0.25) is 0 Å². The number of hydrogen-bond acceptors (Lipinski definition) is 4. The summed E-state index contributed by atoms with van der Waals surface area (Å²) in [4.78, 5) is 34.2. The summed E-state index contributed by atoms with van der Waals surface area (Å²) in [5, 5.41) is 28.4. The van der Waals surface area contributed by atoms with Crippen molar-refractivity contribution in [2.45, 2.75) is 18.9 Å². The zero-order valence-corrected chi connectivity index (χ0v) is 10.4. The van der Waals surface area contributed by atoms with E-state index < -0.39 is 24.0 Å². The SMILES string of the molecule is C=CCN(CCO)C(=O)NC(CCC(=O)O)C(=O)O. The number of carbonyl (C=O) groups excluding carboxylic acids is 1. The first-order valence-corrected chi connectivity index (χ1v) is 5.64. The van der Waals surface area contributed by atoms with E-state index in [1.54, 1.807) is 0 Å².